The molecule has 0 N–H and O–H groups in total. The quantitative estimate of drug-likeness (QED) is 0.579. The molecule has 4 rings (SSSR count). The molecule has 0 radical (unpaired) electrons. The first-order valence-corrected chi connectivity index (χ1v) is 7.62. The van der Waals surface area contributed by atoms with E-state index in [1.54, 1.807) is 0 Å². The highest BCUT2D eigenvalue weighted by Gasteiger charge is 2.12. The molecule has 0 bridgehead atoms. The summed E-state index contributed by atoms with van der Waals surface area (Å²) in [5, 5.41) is 13.3. The monoisotopic (exact) mass is 300 g/mol. The summed E-state index contributed by atoms with van der Waals surface area (Å²) in [4.78, 5) is 0. The molecule has 0 saturated heterocycles. The van der Waals surface area contributed by atoms with Crippen molar-refractivity contribution >= 4 is 5.65 Å². The largest absolute Gasteiger partial charge is 0.193 e. The first-order valence-electron chi connectivity index (χ1n) is 7.62. The second-order valence-electron chi connectivity index (χ2n) is 5.58. The van der Waals surface area contributed by atoms with Gasteiger partial charge in [0.1, 0.15) is 0 Å². The van der Waals surface area contributed by atoms with Crippen LogP contribution in [0, 0.1) is 6.92 Å². The molecular formula is C19H16N4. The minimum Gasteiger partial charge on any atom is -0.193 e. The Hall–Kier alpha value is -3.01. The molecule has 0 saturated carbocycles. The molecule has 0 atom stereocenters. The average Bonchev–Trinajstić information content (AvgIpc) is 2.99. The van der Waals surface area contributed by atoms with Gasteiger partial charge in [0.15, 0.2) is 11.5 Å². The normalized spacial score (nSPS) is 11.0. The lowest BCUT2D eigenvalue weighted by Crippen LogP contribution is -2.02. The summed E-state index contributed by atoms with van der Waals surface area (Å²) >= 11 is 0. The maximum atomic E-state index is 4.70. The van der Waals surface area contributed by atoms with Crippen LogP contribution in [0.25, 0.3) is 17.0 Å². The second kappa shape index (κ2) is 5.65. The van der Waals surface area contributed by atoms with Crippen molar-refractivity contribution in [3.05, 3.63) is 83.6 Å². The summed E-state index contributed by atoms with van der Waals surface area (Å²) in [5.41, 5.74) is 5.24. The highest BCUT2D eigenvalue weighted by atomic mass is 15.4. The van der Waals surface area contributed by atoms with Crippen LogP contribution in [0.1, 0.15) is 16.8 Å². The number of benzene rings is 2. The zero-order valence-electron chi connectivity index (χ0n) is 12.8. The van der Waals surface area contributed by atoms with Gasteiger partial charge in [-0.1, -0.05) is 60.7 Å². The first kappa shape index (κ1) is 13.6. The van der Waals surface area contributed by atoms with Crippen molar-refractivity contribution in [3.63, 3.8) is 0 Å². The Balaban J connectivity index is 1.78. The van der Waals surface area contributed by atoms with Gasteiger partial charge in [-0.25, -0.2) is 0 Å². The molecule has 4 heteroatoms. The smallest absolute Gasteiger partial charge is 0.185 e. The van der Waals surface area contributed by atoms with E-state index in [9.17, 15) is 0 Å². The van der Waals surface area contributed by atoms with Crippen LogP contribution in [0.2, 0.25) is 0 Å². The van der Waals surface area contributed by atoms with Crippen molar-refractivity contribution in [1.82, 2.24) is 19.8 Å². The highest BCUT2D eigenvalue weighted by molar-refractivity contribution is 5.59. The molecule has 0 aliphatic rings. The Labute approximate surface area is 134 Å². The fraction of sp³-hybridized carbons (Fsp3) is 0.105. The van der Waals surface area contributed by atoms with Crippen molar-refractivity contribution in [1.29, 1.82) is 0 Å². The van der Waals surface area contributed by atoms with Crippen LogP contribution in [0.3, 0.4) is 0 Å². The third-order valence-electron chi connectivity index (χ3n) is 3.95. The Bertz CT molecular complexity index is 943. The Morgan fingerprint density at radius 1 is 0.870 bits per heavy atom. The van der Waals surface area contributed by atoms with Gasteiger partial charge < -0.3 is 0 Å². The van der Waals surface area contributed by atoms with E-state index in [0.29, 0.717) is 0 Å². The zero-order valence-corrected chi connectivity index (χ0v) is 12.8. The topological polar surface area (TPSA) is 43.1 Å². The number of aryl methyl sites for hydroxylation is 1. The van der Waals surface area contributed by atoms with Crippen molar-refractivity contribution in [2.45, 2.75) is 13.3 Å². The molecule has 0 fully saturated rings. The molecule has 2 aromatic heterocycles. The summed E-state index contributed by atoms with van der Waals surface area (Å²) in [6.07, 6.45) is 0.851. The second-order valence-corrected chi connectivity index (χ2v) is 5.58. The number of fused-ring (bicyclic) bond motifs is 1. The lowest BCUT2D eigenvalue weighted by molar-refractivity contribution is 0.881. The molecule has 4 aromatic rings. The van der Waals surface area contributed by atoms with E-state index >= 15 is 0 Å². The van der Waals surface area contributed by atoms with Gasteiger partial charge in [-0.2, -0.15) is 9.61 Å². The van der Waals surface area contributed by atoms with E-state index in [2.05, 4.69) is 40.5 Å². The van der Waals surface area contributed by atoms with Crippen LogP contribution in [0.5, 0.6) is 0 Å². The third-order valence-corrected chi connectivity index (χ3v) is 3.95. The van der Waals surface area contributed by atoms with E-state index in [0.717, 1.165) is 29.1 Å². The predicted molar refractivity (Wildman–Crippen MR) is 90.2 cm³/mol. The molecule has 0 aliphatic carbocycles. The standard InChI is InChI=1S/C19H16N4/c1-14-17(12-15-8-4-2-5-9-15)13-18-20-21-19(23(18)22-14)16-10-6-3-7-11-16/h2-11,13H,12H2,1H3. The number of hydrogen-bond acceptors (Lipinski definition) is 3. The Kier molecular flexibility index (Phi) is 3.35. The summed E-state index contributed by atoms with van der Waals surface area (Å²) in [7, 11) is 0. The van der Waals surface area contributed by atoms with Crippen molar-refractivity contribution in [2.75, 3.05) is 0 Å². The summed E-state index contributed by atoms with van der Waals surface area (Å²) in [5.74, 6) is 0.773. The Morgan fingerprint density at radius 3 is 2.30 bits per heavy atom. The SMILES string of the molecule is Cc1nn2c(-c3ccccc3)nnc2cc1Cc1ccccc1. The minimum atomic E-state index is 0.773. The number of nitrogens with zero attached hydrogens (tertiary/aromatic N) is 4. The molecule has 2 aromatic carbocycles. The van der Waals surface area contributed by atoms with Crippen molar-refractivity contribution < 1.29 is 0 Å². The van der Waals surface area contributed by atoms with Crippen molar-refractivity contribution in [2.24, 2.45) is 0 Å². The zero-order chi connectivity index (χ0) is 15.6. The van der Waals surface area contributed by atoms with Gasteiger partial charge in [0.2, 0.25) is 0 Å². The van der Waals surface area contributed by atoms with Crippen LogP contribution >= 0.6 is 0 Å². The molecule has 0 amide bonds. The van der Waals surface area contributed by atoms with E-state index in [1.807, 2.05) is 47.8 Å². The van der Waals surface area contributed by atoms with Crippen molar-refractivity contribution in [3.8, 4) is 11.4 Å². The number of aromatic nitrogens is 4. The number of hydrogen-bond donors (Lipinski definition) is 0. The van der Waals surface area contributed by atoms with E-state index < -0.39 is 0 Å². The van der Waals surface area contributed by atoms with Gasteiger partial charge in [-0.3, -0.25) is 0 Å². The molecule has 0 unspecified atom stereocenters. The van der Waals surface area contributed by atoms with E-state index in [4.69, 9.17) is 5.10 Å². The average molecular weight is 300 g/mol. The van der Waals surface area contributed by atoms with E-state index in [-0.39, 0.29) is 0 Å². The molecular weight excluding hydrogens is 284 g/mol. The maximum absolute atomic E-state index is 4.70. The van der Waals surface area contributed by atoms with Gasteiger partial charge in [-0.15, -0.1) is 10.2 Å². The van der Waals surface area contributed by atoms with Gasteiger partial charge >= 0.3 is 0 Å². The summed E-state index contributed by atoms with van der Waals surface area (Å²) in [6.45, 7) is 2.03. The highest BCUT2D eigenvalue weighted by Crippen LogP contribution is 2.19. The van der Waals surface area contributed by atoms with Crippen LogP contribution < -0.4 is 0 Å². The third kappa shape index (κ3) is 2.59. The summed E-state index contributed by atoms with van der Waals surface area (Å²) in [6, 6.07) is 22.5. The fourth-order valence-electron chi connectivity index (χ4n) is 2.72. The van der Waals surface area contributed by atoms with Gasteiger partial charge in [0, 0.05) is 5.56 Å². The van der Waals surface area contributed by atoms with Gasteiger partial charge in [0.05, 0.1) is 5.69 Å². The van der Waals surface area contributed by atoms with Crippen LogP contribution in [0.15, 0.2) is 66.7 Å². The molecule has 0 spiro atoms. The molecule has 2 heterocycles. The lowest BCUT2D eigenvalue weighted by Gasteiger charge is -2.07. The molecule has 0 aliphatic heterocycles. The van der Waals surface area contributed by atoms with Crippen LogP contribution in [-0.2, 0) is 6.42 Å². The minimum absolute atomic E-state index is 0.773. The van der Waals surface area contributed by atoms with Crippen LogP contribution in [0.4, 0.5) is 0 Å². The van der Waals surface area contributed by atoms with Gasteiger partial charge in [0.25, 0.3) is 0 Å². The Morgan fingerprint density at radius 2 is 1.57 bits per heavy atom. The summed E-state index contributed by atoms with van der Waals surface area (Å²) < 4.78 is 1.82. The number of rotatable bonds is 3. The van der Waals surface area contributed by atoms with E-state index in [1.165, 1.54) is 11.1 Å². The van der Waals surface area contributed by atoms with Gasteiger partial charge in [-0.05, 0) is 30.5 Å². The molecule has 4 nitrogen and oxygen atoms in total. The maximum Gasteiger partial charge on any atom is 0.185 e. The first-order chi connectivity index (χ1) is 11.3. The lowest BCUT2D eigenvalue weighted by atomic mass is 10.0. The molecule has 112 valence electrons. The predicted octanol–water partition coefficient (Wildman–Crippen LogP) is 3.69. The molecule has 23 heavy (non-hydrogen) atoms. The van der Waals surface area contributed by atoms with Crippen LogP contribution in [-0.4, -0.2) is 19.8 Å². The fourth-order valence-corrected chi connectivity index (χ4v) is 2.72.